The van der Waals surface area contributed by atoms with Crippen molar-refractivity contribution in [2.75, 3.05) is 4.43 Å². The van der Waals surface area contributed by atoms with Gasteiger partial charge in [-0.3, -0.25) is 4.79 Å². The third-order valence-corrected chi connectivity index (χ3v) is 11.7. The molecule has 3 saturated carbocycles. The number of unbranched alkanes of at least 4 members (excludes halogenated alkanes) is 6. The summed E-state index contributed by atoms with van der Waals surface area (Å²) in [6.45, 7) is 7.02. The van der Waals surface area contributed by atoms with E-state index >= 15 is 0 Å². The number of carbonyl (C=O) groups is 1. The van der Waals surface area contributed by atoms with Gasteiger partial charge in [0.1, 0.15) is 0 Å². The van der Waals surface area contributed by atoms with Gasteiger partial charge in [0, 0.05) is 6.42 Å². The number of ketones is 1. The van der Waals surface area contributed by atoms with Crippen molar-refractivity contribution in [2.24, 2.45) is 34.5 Å². The maximum absolute atomic E-state index is 12.3. The first kappa shape index (κ1) is 25.2. The average molecular weight is 555 g/mol. The maximum atomic E-state index is 12.3. The Morgan fingerprint density at radius 2 is 1.59 bits per heavy atom. The minimum absolute atomic E-state index is 0.0765. The van der Waals surface area contributed by atoms with Crippen LogP contribution in [0.4, 0.5) is 0 Å². The summed E-state index contributed by atoms with van der Waals surface area (Å²) in [5.41, 5.74) is 1.29. The summed E-state index contributed by atoms with van der Waals surface area (Å²) < 4.78 is 1.30. The van der Waals surface area contributed by atoms with Gasteiger partial charge < -0.3 is 5.11 Å². The highest BCUT2D eigenvalue weighted by atomic mass is 127. The number of hydrogen-bond acceptors (Lipinski definition) is 2. The van der Waals surface area contributed by atoms with E-state index < -0.39 is 5.60 Å². The molecule has 3 fully saturated rings. The Balaban J connectivity index is 1.48. The van der Waals surface area contributed by atoms with Crippen LogP contribution < -0.4 is 0 Å². The Bertz CT molecular complexity index is 712. The van der Waals surface area contributed by atoms with Crippen LogP contribution in [0.1, 0.15) is 117 Å². The lowest BCUT2D eigenvalue weighted by atomic mass is 9.44. The minimum Gasteiger partial charge on any atom is -0.390 e. The molecule has 0 aromatic rings. The third-order valence-electron chi connectivity index (χ3n) is 10.9. The molecular weight excluding hydrogens is 507 g/mol. The van der Waals surface area contributed by atoms with Crippen LogP contribution >= 0.6 is 22.6 Å². The Labute approximate surface area is 210 Å². The van der Waals surface area contributed by atoms with Crippen molar-refractivity contribution < 1.29 is 9.90 Å². The van der Waals surface area contributed by atoms with Gasteiger partial charge in [0.2, 0.25) is 0 Å². The predicted molar refractivity (Wildman–Crippen MR) is 142 cm³/mol. The Morgan fingerprint density at radius 3 is 2.31 bits per heavy atom. The summed E-state index contributed by atoms with van der Waals surface area (Å²) in [6.07, 6.45) is 20.6. The molecule has 4 rings (SSSR count). The van der Waals surface area contributed by atoms with Gasteiger partial charge in [-0.05, 0) is 103 Å². The highest BCUT2D eigenvalue weighted by Crippen LogP contribution is 2.69. The molecule has 182 valence electrons. The lowest BCUT2D eigenvalue weighted by molar-refractivity contribution is -0.135. The van der Waals surface area contributed by atoms with Crippen LogP contribution in [-0.4, -0.2) is 20.9 Å². The van der Waals surface area contributed by atoms with Crippen molar-refractivity contribution in [3.63, 3.8) is 0 Å². The van der Waals surface area contributed by atoms with Crippen LogP contribution in [0.25, 0.3) is 0 Å². The zero-order chi connectivity index (χ0) is 23.0. The van der Waals surface area contributed by atoms with Crippen molar-refractivity contribution >= 4 is 28.4 Å². The van der Waals surface area contributed by atoms with Gasteiger partial charge in [-0.15, -0.1) is 0 Å². The van der Waals surface area contributed by atoms with Gasteiger partial charge in [0.15, 0.2) is 5.78 Å². The van der Waals surface area contributed by atoms with Gasteiger partial charge in [-0.2, -0.15) is 0 Å². The van der Waals surface area contributed by atoms with Crippen LogP contribution in [0, 0.1) is 34.5 Å². The fourth-order valence-corrected chi connectivity index (χ4v) is 9.17. The van der Waals surface area contributed by atoms with Crippen molar-refractivity contribution in [2.45, 2.75) is 123 Å². The molecule has 0 bridgehead atoms. The molecule has 0 saturated heterocycles. The SMILES string of the molecule is CC1(O)CC[C@H]2[C@@H]3C(CCCCCCCCCI)CC4=CC(=O)CC[C@]4(C)[C@H]3CC[C@@]21C. The van der Waals surface area contributed by atoms with Crippen molar-refractivity contribution in [1.82, 2.24) is 0 Å². The quantitative estimate of drug-likeness (QED) is 0.178. The summed E-state index contributed by atoms with van der Waals surface area (Å²) in [7, 11) is 0. The second-order valence-corrected chi connectivity index (χ2v) is 13.6. The summed E-state index contributed by atoms with van der Waals surface area (Å²) in [4.78, 5) is 12.3. The number of hydrogen-bond donors (Lipinski definition) is 1. The molecule has 0 amide bonds. The highest BCUT2D eigenvalue weighted by molar-refractivity contribution is 14.1. The number of fused-ring (bicyclic) bond motifs is 5. The van der Waals surface area contributed by atoms with Crippen molar-refractivity contribution in [3.05, 3.63) is 11.6 Å². The summed E-state index contributed by atoms with van der Waals surface area (Å²) in [5, 5.41) is 11.3. The zero-order valence-electron chi connectivity index (χ0n) is 20.9. The molecule has 1 N–H and O–H groups in total. The zero-order valence-corrected chi connectivity index (χ0v) is 23.1. The van der Waals surface area contributed by atoms with Gasteiger partial charge in [0.05, 0.1) is 5.60 Å². The molecule has 3 heteroatoms. The Hall–Kier alpha value is 0.1000. The minimum atomic E-state index is -0.509. The molecule has 7 atom stereocenters. The van der Waals surface area contributed by atoms with Crippen LogP contribution in [0.2, 0.25) is 0 Å². The maximum Gasteiger partial charge on any atom is 0.155 e. The average Bonchev–Trinajstić information content (AvgIpc) is 3.00. The number of alkyl halides is 1. The van der Waals surface area contributed by atoms with E-state index in [-0.39, 0.29) is 10.8 Å². The summed E-state index contributed by atoms with van der Waals surface area (Å²) in [6, 6.07) is 0. The molecule has 0 spiro atoms. The lowest BCUT2D eigenvalue weighted by Crippen LogP contribution is -2.56. The number of aliphatic hydroxyl groups is 1. The monoisotopic (exact) mass is 554 g/mol. The van der Waals surface area contributed by atoms with Gasteiger partial charge in [0.25, 0.3) is 0 Å². The van der Waals surface area contributed by atoms with Crippen LogP contribution in [0.3, 0.4) is 0 Å². The Kier molecular flexibility index (Phi) is 7.87. The molecule has 4 aliphatic carbocycles. The van der Waals surface area contributed by atoms with Gasteiger partial charge >= 0.3 is 0 Å². The molecule has 0 aromatic carbocycles. The molecule has 0 radical (unpaired) electrons. The number of allylic oxidation sites excluding steroid dienone is 1. The van der Waals surface area contributed by atoms with Crippen molar-refractivity contribution in [1.29, 1.82) is 0 Å². The fraction of sp³-hybridized carbons (Fsp3) is 0.897. The predicted octanol–water partition coefficient (Wildman–Crippen LogP) is 8.05. The van der Waals surface area contributed by atoms with Crippen LogP contribution in [-0.2, 0) is 4.79 Å². The second-order valence-electron chi connectivity index (χ2n) is 12.5. The molecule has 0 aromatic heterocycles. The largest absolute Gasteiger partial charge is 0.390 e. The van der Waals surface area contributed by atoms with Crippen LogP contribution in [0.15, 0.2) is 11.6 Å². The van der Waals surface area contributed by atoms with Crippen LogP contribution in [0.5, 0.6) is 0 Å². The Morgan fingerprint density at radius 1 is 0.938 bits per heavy atom. The smallest absolute Gasteiger partial charge is 0.155 e. The summed E-state index contributed by atoms with van der Waals surface area (Å²) in [5.74, 6) is 3.18. The van der Waals surface area contributed by atoms with E-state index in [2.05, 4.69) is 49.4 Å². The normalized spacial score (nSPS) is 43.4. The molecular formula is C29H47IO2. The fourth-order valence-electron chi connectivity index (χ4n) is 8.63. The van der Waals surface area contributed by atoms with E-state index in [4.69, 9.17) is 0 Å². The molecule has 32 heavy (non-hydrogen) atoms. The topological polar surface area (TPSA) is 37.3 Å². The van der Waals surface area contributed by atoms with Gasteiger partial charge in [-0.1, -0.05) is 80.5 Å². The van der Waals surface area contributed by atoms with Gasteiger partial charge in [-0.25, -0.2) is 0 Å². The molecule has 4 aliphatic rings. The van der Waals surface area contributed by atoms with E-state index in [9.17, 15) is 9.90 Å². The van der Waals surface area contributed by atoms with E-state index in [1.54, 1.807) is 0 Å². The molecule has 2 unspecified atom stereocenters. The molecule has 0 heterocycles. The van der Waals surface area contributed by atoms with E-state index in [0.29, 0.717) is 23.5 Å². The highest BCUT2D eigenvalue weighted by Gasteiger charge is 2.64. The third kappa shape index (κ3) is 4.52. The first-order valence-electron chi connectivity index (χ1n) is 13.8. The number of halogens is 1. The van der Waals surface area contributed by atoms with Crippen molar-refractivity contribution in [3.8, 4) is 0 Å². The number of rotatable bonds is 9. The lowest BCUT2D eigenvalue weighted by Gasteiger charge is -2.61. The standard InChI is InChI=1S/C29H47IO2/c1-27-15-12-23(31)20-22(27)19-21(11-9-7-5-4-6-8-10-18-30)26-24(27)13-16-28(2)25(26)14-17-29(28,3)32/h20-21,24-26,32H,4-19H2,1-3H3/t21?,24-,25-,26+,27-,28-,29?/m0/s1. The molecule has 2 nitrogen and oxygen atoms in total. The first-order chi connectivity index (χ1) is 15.2. The summed E-state index contributed by atoms with van der Waals surface area (Å²) >= 11 is 2.49. The number of carbonyl (C=O) groups excluding carboxylic acids is 1. The van der Waals surface area contributed by atoms with E-state index in [1.165, 1.54) is 74.2 Å². The molecule has 0 aliphatic heterocycles. The van der Waals surface area contributed by atoms with E-state index in [0.717, 1.165) is 38.0 Å². The second kappa shape index (κ2) is 9.99. The first-order valence-corrected chi connectivity index (χ1v) is 15.3. The van der Waals surface area contributed by atoms with E-state index in [1.807, 2.05) is 0 Å².